The molecule has 1 saturated carbocycles. The topological polar surface area (TPSA) is 12.0 Å². The Kier molecular flexibility index (Phi) is 4.60. The van der Waals surface area contributed by atoms with Gasteiger partial charge in [0.1, 0.15) is 0 Å². The molecule has 0 bridgehead atoms. The average molecular weight is 201 g/mol. The van der Waals surface area contributed by atoms with Crippen LogP contribution in [0.15, 0.2) is 0 Å². The fourth-order valence-electron chi connectivity index (χ4n) is 1.19. The van der Waals surface area contributed by atoms with E-state index in [1.807, 2.05) is 0 Å². The molecular formula is C11H23NS. The summed E-state index contributed by atoms with van der Waals surface area (Å²) >= 11 is 2.11. The summed E-state index contributed by atoms with van der Waals surface area (Å²) in [5, 5.41) is 5.13. The van der Waals surface area contributed by atoms with Crippen LogP contribution in [0.3, 0.4) is 0 Å². The summed E-state index contributed by atoms with van der Waals surface area (Å²) < 4.78 is 0. The van der Waals surface area contributed by atoms with Gasteiger partial charge in [0.05, 0.1) is 0 Å². The van der Waals surface area contributed by atoms with Crippen LogP contribution < -0.4 is 5.32 Å². The van der Waals surface area contributed by atoms with Crippen LogP contribution in [0.4, 0.5) is 0 Å². The van der Waals surface area contributed by atoms with Crippen molar-refractivity contribution in [3.05, 3.63) is 0 Å². The Morgan fingerprint density at radius 2 is 1.85 bits per heavy atom. The van der Waals surface area contributed by atoms with Crippen molar-refractivity contribution >= 4 is 11.8 Å². The molecule has 0 spiro atoms. The van der Waals surface area contributed by atoms with Gasteiger partial charge >= 0.3 is 0 Å². The second-order valence-corrected chi connectivity index (χ2v) is 6.40. The first-order valence-electron chi connectivity index (χ1n) is 5.48. The van der Waals surface area contributed by atoms with E-state index in [4.69, 9.17) is 0 Å². The zero-order chi connectivity index (χ0) is 9.84. The van der Waals surface area contributed by atoms with Gasteiger partial charge in [-0.2, -0.15) is 11.8 Å². The van der Waals surface area contributed by atoms with Gasteiger partial charge in [-0.25, -0.2) is 0 Å². The molecule has 1 N–H and O–H groups in total. The van der Waals surface area contributed by atoms with E-state index in [9.17, 15) is 0 Å². The lowest BCUT2D eigenvalue weighted by molar-refractivity contribution is 0.631. The lowest BCUT2D eigenvalue weighted by atomic mass is 10.2. The minimum atomic E-state index is 0.762. The summed E-state index contributed by atoms with van der Waals surface area (Å²) in [6.45, 7) is 10.5. The Labute approximate surface area is 87.1 Å². The maximum atomic E-state index is 3.58. The summed E-state index contributed by atoms with van der Waals surface area (Å²) in [7, 11) is 0. The fourth-order valence-corrected chi connectivity index (χ4v) is 2.43. The van der Waals surface area contributed by atoms with Gasteiger partial charge in [0.15, 0.2) is 0 Å². The molecule has 1 fully saturated rings. The third kappa shape index (κ3) is 4.92. The van der Waals surface area contributed by atoms with Crippen molar-refractivity contribution in [2.75, 3.05) is 6.54 Å². The van der Waals surface area contributed by atoms with Crippen LogP contribution in [0.25, 0.3) is 0 Å². The van der Waals surface area contributed by atoms with E-state index in [1.54, 1.807) is 0 Å². The molecule has 1 aliphatic rings. The van der Waals surface area contributed by atoms with Gasteiger partial charge in [-0.15, -0.1) is 0 Å². The van der Waals surface area contributed by atoms with E-state index in [0.29, 0.717) is 0 Å². The van der Waals surface area contributed by atoms with Crippen LogP contribution in [0.2, 0.25) is 0 Å². The van der Waals surface area contributed by atoms with E-state index < -0.39 is 0 Å². The van der Waals surface area contributed by atoms with Crippen molar-refractivity contribution in [3.63, 3.8) is 0 Å². The molecular weight excluding hydrogens is 178 g/mol. The number of thioether (sulfide) groups is 1. The molecule has 0 radical (unpaired) electrons. The molecule has 0 aliphatic heterocycles. The molecule has 1 rings (SSSR count). The maximum Gasteiger partial charge on any atom is 0.0147 e. The molecule has 1 aliphatic carbocycles. The first-order valence-corrected chi connectivity index (χ1v) is 6.42. The molecule has 78 valence electrons. The monoisotopic (exact) mass is 201 g/mol. The predicted molar refractivity (Wildman–Crippen MR) is 62.4 cm³/mol. The van der Waals surface area contributed by atoms with Gasteiger partial charge in [-0.05, 0) is 18.8 Å². The van der Waals surface area contributed by atoms with Gasteiger partial charge in [-0.3, -0.25) is 0 Å². The standard InChI is InChI=1S/C11H23NS/c1-8(2)10(4)13-9(3)7-12-11-5-6-11/h8-12H,5-7H2,1-4H3. The second-order valence-electron chi connectivity index (χ2n) is 4.58. The Balaban J connectivity index is 2.04. The lowest BCUT2D eigenvalue weighted by Gasteiger charge is -2.20. The zero-order valence-electron chi connectivity index (χ0n) is 9.34. The fraction of sp³-hybridized carbons (Fsp3) is 1.00. The van der Waals surface area contributed by atoms with Crippen LogP contribution >= 0.6 is 11.8 Å². The maximum absolute atomic E-state index is 3.58. The summed E-state index contributed by atoms with van der Waals surface area (Å²) in [5.74, 6) is 0.799. The van der Waals surface area contributed by atoms with Gasteiger partial charge in [-0.1, -0.05) is 27.7 Å². The summed E-state index contributed by atoms with van der Waals surface area (Å²) in [6.07, 6.45) is 2.80. The highest BCUT2D eigenvalue weighted by Crippen LogP contribution is 2.24. The zero-order valence-corrected chi connectivity index (χ0v) is 10.2. The number of nitrogens with one attached hydrogen (secondary N) is 1. The first kappa shape index (κ1) is 11.4. The van der Waals surface area contributed by atoms with Crippen LogP contribution in [-0.2, 0) is 0 Å². The van der Waals surface area contributed by atoms with Crippen molar-refractivity contribution < 1.29 is 0 Å². The molecule has 0 aromatic carbocycles. The molecule has 2 heteroatoms. The molecule has 2 unspecified atom stereocenters. The van der Waals surface area contributed by atoms with E-state index in [-0.39, 0.29) is 0 Å². The Hall–Kier alpha value is 0.310. The molecule has 13 heavy (non-hydrogen) atoms. The normalized spacial score (nSPS) is 21.9. The Bertz CT molecular complexity index is 143. The molecule has 0 aromatic rings. The van der Waals surface area contributed by atoms with Gasteiger partial charge in [0, 0.05) is 23.1 Å². The van der Waals surface area contributed by atoms with Gasteiger partial charge in [0.25, 0.3) is 0 Å². The Morgan fingerprint density at radius 1 is 1.23 bits per heavy atom. The van der Waals surface area contributed by atoms with Gasteiger partial charge < -0.3 is 5.32 Å². The smallest absolute Gasteiger partial charge is 0.0147 e. The summed E-state index contributed by atoms with van der Waals surface area (Å²) in [5.41, 5.74) is 0. The quantitative estimate of drug-likeness (QED) is 0.709. The SMILES string of the molecule is CC(CNC1CC1)SC(C)C(C)C. The molecule has 0 amide bonds. The lowest BCUT2D eigenvalue weighted by Crippen LogP contribution is -2.26. The van der Waals surface area contributed by atoms with Crippen LogP contribution in [0, 0.1) is 5.92 Å². The summed E-state index contributed by atoms with van der Waals surface area (Å²) in [4.78, 5) is 0. The number of hydrogen-bond acceptors (Lipinski definition) is 2. The largest absolute Gasteiger partial charge is 0.313 e. The minimum absolute atomic E-state index is 0.762. The minimum Gasteiger partial charge on any atom is -0.313 e. The van der Waals surface area contributed by atoms with Crippen LogP contribution in [0.1, 0.15) is 40.5 Å². The van der Waals surface area contributed by atoms with Gasteiger partial charge in [0.2, 0.25) is 0 Å². The number of hydrogen-bond donors (Lipinski definition) is 1. The van der Waals surface area contributed by atoms with E-state index >= 15 is 0 Å². The average Bonchev–Trinajstić information content (AvgIpc) is 2.83. The van der Waals surface area contributed by atoms with E-state index in [1.165, 1.54) is 19.4 Å². The highest BCUT2D eigenvalue weighted by molar-refractivity contribution is 8.00. The third-order valence-electron chi connectivity index (χ3n) is 2.66. The Morgan fingerprint density at radius 3 is 2.31 bits per heavy atom. The van der Waals surface area contributed by atoms with Crippen LogP contribution in [0.5, 0.6) is 0 Å². The van der Waals surface area contributed by atoms with E-state index in [2.05, 4.69) is 44.8 Å². The third-order valence-corrected chi connectivity index (χ3v) is 4.26. The highest BCUT2D eigenvalue weighted by Gasteiger charge is 2.21. The van der Waals surface area contributed by atoms with Crippen LogP contribution in [-0.4, -0.2) is 23.1 Å². The number of rotatable bonds is 6. The van der Waals surface area contributed by atoms with Crippen molar-refractivity contribution in [1.82, 2.24) is 5.32 Å². The van der Waals surface area contributed by atoms with Crippen molar-refractivity contribution in [2.45, 2.75) is 57.1 Å². The highest BCUT2D eigenvalue weighted by atomic mass is 32.2. The summed E-state index contributed by atoms with van der Waals surface area (Å²) in [6, 6.07) is 0.859. The van der Waals surface area contributed by atoms with Crippen molar-refractivity contribution in [1.29, 1.82) is 0 Å². The molecule has 0 aromatic heterocycles. The van der Waals surface area contributed by atoms with Crippen molar-refractivity contribution in [3.8, 4) is 0 Å². The first-order chi connectivity index (χ1) is 6.09. The molecule has 1 nitrogen and oxygen atoms in total. The van der Waals surface area contributed by atoms with E-state index in [0.717, 1.165) is 22.5 Å². The molecule has 2 atom stereocenters. The van der Waals surface area contributed by atoms with Crippen molar-refractivity contribution in [2.24, 2.45) is 5.92 Å². The molecule has 0 saturated heterocycles. The second kappa shape index (κ2) is 5.26. The predicted octanol–water partition coefficient (Wildman–Crippen LogP) is 2.90. The molecule has 0 heterocycles.